The predicted molar refractivity (Wildman–Crippen MR) is 121 cm³/mol. The molecular formula is C23H23N3O4S. The quantitative estimate of drug-likeness (QED) is 0.556. The van der Waals surface area contributed by atoms with Crippen molar-refractivity contribution in [3.05, 3.63) is 53.6 Å². The highest BCUT2D eigenvalue weighted by atomic mass is 32.1. The summed E-state index contributed by atoms with van der Waals surface area (Å²) in [5.41, 5.74) is 2.27. The molecule has 0 unspecified atom stereocenters. The third-order valence-electron chi connectivity index (χ3n) is 5.42. The van der Waals surface area contributed by atoms with Gasteiger partial charge in [0, 0.05) is 17.2 Å². The highest BCUT2D eigenvalue weighted by Gasteiger charge is 2.21. The van der Waals surface area contributed by atoms with Gasteiger partial charge < -0.3 is 10.1 Å². The van der Waals surface area contributed by atoms with Gasteiger partial charge in [-0.1, -0.05) is 30.6 Å². The van der Waals surface area contributed by atoms with E-state index >= 15 is 0 Å². The van der Waals surface area contributed by atoms with Gasteiger partial charge in [0.25, 0.3) is 5.91 Å². The first-order valence-corrected chi connectivity index (χ1v) is 11.1. The molecule has 31 heavy (non-hydrogen) atoms. The van der Waals surface area contributed by atoms with E-state index in [9.17, 15) is 14.4 Å². The minimum atomic E-state index is -0.454. The summed E-state index contributed by atoms with van der Waals surface area (Å²) in [6, 6.07) is 11.8. The number of amides is 2. The topological polar surface area (TPSA) is 97.4 Å². The van der Waals surface area contributed by atoms with E-state index in [1.54, 1.807) is 24.3 Å². The summed E-state index contributed by atoms with van der Waals surface area (Å²) in [6.07, 6.45) is 5.33. The lowest BCUT2D eigenvalue weighted by molar-refractivity contribution is -0.120. The summed E-state index contributed by atoms with van der Waals surface area (Å²) >= 11 is 1.34. The summed E-state index contributed by atoms with van der Waals surface area (Å²) < 4.78 is 5.53. The average Bonchev–Trinajstić information content (AvgIpc) is 3.20. The maximum atomic E-state index is 12.5. The number of carbonyl (C=O) groups is 3. The van der Waals surface area contributed by atoms with Crippen LogP contribution < -0.4 is 10.6 Å². The third kappa shape index (κ3) is 4.91. The maximum absolute atomic E-state index is 12.5. The molecule has 1 saturated carbocycles. The summed E-state index contributed by atoms with van der Waals surface area (Å²) in [4.78, 5) is 41.0. The number of ether oxygens (including phenoxy) is 1. The lowest BCUT2D eigenvalue weighted by Gasteiger charge is -2.20. The number of thiazole rings is 1. The SMILES string of the molecule is COC(=O)c1ccc(C(=O)Nc2nc3ccc(NC(=O)C4CCCCC4)cc3s2)cc1. The van der Waals surface area contributed by atoms with Crippen molar-refractivity contribution in [2.75, 3.05) is 17.7 Å². The van der Waals surface area contributed by atoms with Crippen LogP contribution in [0.15, 0.2) is 42.5 Å². The van der Waals surface area contributed by atoms with Crippen molar-refractivity contribution in [1.82, 2.24) is 4.98 Å². The zero-order valence-corrected chi connectivity index (χ0v) is 18.0. The first kappa shape index (κ1) is 21.0. The van der Waals surface area contributed by atoms with E-state index in [-0.39, 0.29) is 17.7 Å². The molecule has 1 fully saturated rings. The smallest absolute Gasteiger partial charge is 0.337 e. The van der Waals surface area contributed by atoms with Gasteiger partial charge in [0.1, 0.15) is 0 Å². The van der Waals surface area contributed by atoms with Crippen molar-refractivity contribution in [1.29, 1.82) is 0 Å². The fourth-order valence-electron chi connectivity index (χ4n) is 3.71. The van der Waals surface area contributed by atoms with Crippen LogP contribution in [0.25, 0.3) is 10.2 Å². The summed E-state index contributed by atoms with van der Waals surface area (Å²) in [5, 5.41) is 6.27. The number of methoxy groups -OCH3 is 1. The van der Waals surface area contributed by atoms with Gasteiger partial charge in [-0.2, -0.15) is 0 Å². The maximum Gasteiger partial charge on any atom is 0.337 e. The molecule has 8 heteroatoms. The predicted octanol–water partition coefficient (Wildman–Crippen LogP) is 4.85. The lowest BCUT2D eigenvalue weighted by Crippen LogP contribution is -2.24. The van der Waals surface area contributed by atoms with Crippen molar-refractivity contribution < 1.29 is 19.1 Å². The minimum absolute atomic E-state index is 0.0764. The molecule has 0 radical (unpaired) electrons. The molecule has 0 saturated heterocycles. The normalized spacial score (nSPS) is 14.2. The van der Waals surface area contributed by atoms with Crippen LogP contribution in [0.3, 0.4) is 0 Å². The Kier molecular flexibility index (Phi) is 6.27. The Balaban J connectivity index is 1.43. The molecule has 2 amide bonds. The Bertz CT molecular complexity index is 1120. The van der Waals surface area contributed by atoms with E-state index in [1.165, 1.54) is 24.9 Å². The Labute approximate surface area is 183 Å². The van der Waals surface area contributed by atoms with Gasteiger partial charge in [0.05, 0.1) is 22.9 Å². The molecule has 2 aromatic carbocycles. The van der Waals surface area contributed by atoms with Gasteiger partial charge in [-0.3, -0.25) is 14.9 Å². The second kappa shape index (κ2) is 9.26. The molecule has 160 valence electrons. The Hall–Kier alpha value is -3.26. The van der Waals surface area contributed by atoms with E-state index in [0.717, 1.165) is 41.6 Å². The molecule has 0 spiro atoms. The van der Waals surface area contributed by atoms with Crippen LogP contribution in [0, 0.1) is 5.92 Å². The van der Waals surface area contributed by atoms with Crippen LogP contribution in [0.2, 0.25) is 0 Å². The summed E-state index contributed by atoms with van der Waals surface area (Å²) in [5.74, 6) is -0.607. The van der Waals surface area contributed by atoms with Crippen LogP contribution in [-0.4, -0.2) is 29.9 Å². The Morgan fingerprint density at radius 2 is 1.68 bits per heavy atom. The number of hydrogen-bond acceptors (Lipinski definition) is 6. The first-order valence-electron chi connectivity index (χ1n) is 10.2. The van der Waals surface area contributed by atoms with Crippen molar-refractivity contribution in [3.63, 3.8) is 0 Å². The minimum Gasteiger partial charge on any atom is -0.465 e. The van der Waals surface area contributed by atoms with E-state index < -0.39 is 5.97 Å². The molecule has 1 aromatic heterocycles. The fraction of sp³-hybridized carbons (Fsp3) is 0.304. The molecule has 3 aromatic rings. The van der Waals surface area contributed by atoms with Gasteiger partial charge in [-0.05, 0) is 55.3 Å². The first-order chi connectivity index (χ1) is 15.0. The molecular weight excluding hydrogens is 414 g/mol. The molecule has 1 aliphatic rings. The number of carbonyl (C=O) groups excluding carboxylic acids is 3. The average molecular weight is 438 g/mol. The molecule has 0 bridgehead atoms. The molecule has 1 aliphatic carbocycles. The highest BCUT2D eigenvalue weighted by molar-refractivity contribution is 7.22. The zero-order chi connectivity index (χ0) is 21.8. The number of anilines is 2. The Morgan fingerprint density at radius 3 is 2.39 bits per heavy atom. The molecule has 2 N–H and O–H groups in total. The van der Waals surface area contributed by atoms with Crippen molar-refractivity contribution in [2.45, 2.75) is 32.1 Å². The summed E-state index contributed by atoms with van der Waals surface area (Å²) in [7, 11) is 1.31. The second-order valence-electron chi connectivity index (χ2n) is 7.55. The summed E-state index contributed by atoms with van der Waals surface area (Å²) in [6.45, 7) is 0. The van der Waals surface area contributed by atoms with Crippen molar-refractivity contribution >= 4 is 50.2 Å². The molecule has 1 heterocycles. The second-order valence-corrected chi connectivity index (χ2v) is 8.58. The number of rotatable bonds is 5. The van der Waals surface area contributed by atoms with E-state index in [0.29, 0.717) is 16.3 Å². The van der Waals surface area contributed by atoms with Crippen LogP contribution in [-0.2, 0) is 9.53 Å². The van der Waals surface area contributed by atoms with Gasteiger partial charge in [-0.25, -0.2) is 9.78 Å². The third-order valence-corrected chi connectivity index (χ3v) is 6.35. The van der Waals surface area contributed by atoms with Crippen LogP contribution in [0.1, 0.15) is 52.8 Å². The fourth-order valence-corrected chi connectivity index (χ4v) is 4.61. The number of nitrogens with one attached hydrogen (secondary N) is 2. The molecule has 0 atom stereocenters. The highest BCUT2D eigenvalue weighted by Crippen LogP contribution is 2.30. The van der Waals surface area contributed by atoms with Gasteiger partial charge in [0.2, 0.25) is 5.91 Å². The number of benzene rings is 2. The lowest BCUT2D eigenvalue weighted by atomic mass is 9.88. The Morgan fingerprint density at radius 1 is 0.968 bits per heavy atom. The number of hydrogen-bond donors (Lipinski definition) is 2. The molecule has 4 rings (SSSR count). The van der Waals surface area contributed by atoms with Crippen molar-refractivity contribution in [2.24, 2.45) is 5.92 Å². The van der Waals surface area contributed by atoms with E-state index in [4.69, 9.17) is 0 Å². The van der Waals surface area contributed by atoms with E-state index in [1.807, 2.05) is 18.2 Å². The molecule has 0 aliphatic heterocycles. The van der Waals surface area contributed by atoms with Crippen LogP contribution in [0.4, 0.5) is 10.8 Å². The number of nitrogens with zero attached hydrogens (tertiary/aromatic N) is 1. The zero-order valence-electron chi connectivity index (χ0n) is 17.1. The monoisotopic (exact) mass is 437 g/mol. The van der Waals surface area contributed by atoms with Crippen molar-refractivity contribution in [3.8, 4) is 0 Å². The van der Waals surface area contributed by atoms with Crippen LogP contribution in [0.5, 0.6) is 0 Å². The molecule has 7 nitrogen and oxygen atoms in total. The number of esters is 1. The standard InChI is InChI=1S/C23H23N3O4S/c1-30-22(29)16-9-7-15(8-10-16)21(28)26-23-25-18-12-11-17(13-19(18)31-23)24-20(27)14-5-3-2-4-6-14/h7-14H,2-6H2,1H3,(H,24,27)(H,25,26,28). The number of aromatic nitrogens is 1. The van der Waals surface area contributed by atoms with Crippen LogP contribution >= 0.6 is 11.3 Å². The number of fused-ring (bicyclic) bond motifs is 1. The van der Waals surface area contributed by atoms with Gasteiger partial charge >= 0.3 is 5.97 Å². The van der Waals surface area contributed by atoms with Gasteiger partial charge in [0.15, 0.2) is 5.13 Å². The van der Waals surface area contributed by atoms with Gasteiger partial charge in [-0.15, -0.1) is 0 Å². The largest absolute Gasteiger partial charge is 0.465 e. The van der Waals surface area contributed by atoms with E-state index in [2.05, 4.69) is 20.4 Å².